The third kappa shape index (κ3) is 6.78. The summed E-state index contributed by atoms with van der Waals surface area (Å²) in [6, 6.07) is 2.97. The maximum Gasteiger partial charge on any atom is 0.407 e. The molecule has 0 aliphatic rings. The molecule has 0 spiro atoms. The average Bonchev–Trinajstić information content (AvgIpc) is 2.51. The Morgan fingerprint density at radius 3 is 2.42 bits per heavy atom. The summed E-state index contributed by atoms with van der Waals surface area (Å²) in [5.41, 5.74) is -0.810. The van der Waals surface area contributed by atoms with Gasteiger partial charge in [-0.1, -0.05) is 13.8 Å². The van der Waals surface area contributed by atoms with Crippen LogP contribution >= 0.6 is 0 Å². The van der Waals surface area contributed by atoms with Gasteiger partial charge in [-0.15, -0.1) is 0 Å². The molecule has 0 radical (unpaired) electrons. The summed E-state index contributed by atoms with van der Waals surface area (Å²) in [4.78, 5) is 28.4. The molecule has 1 rings (SSSR count). The van der Waals surface area contributed by atoms with Crippen LogP contribution in [0.5, 0.6) is 5.88 Å². The zero-order chi connectivity index (χ0) is 20.0. The fourth-order valence-electron chi connectivity index (χ4n) is 2.02. The van der Waals surface area contributed by atoms with Gasteiger partial charge < -0.3 is 25.4 Å². The first kappa shape index (κ1) is 21.5. The monoisotopic (exact) mass is 366 g/mol. The normalized spacial score (nSPS) is 13.5. The fraction of sp³-hybridized carbons (Fsp3) is 0.611. The number of methoxy groups -OCH3 is 1. The van der Waals surface area contributed by atoms with Crippen LogP contribution in [0.25, 0.3) is 0 Å². The molecule has 8 heteroatoms. The van der Waals surface area contributed by atoms with Gasteiger partial charge in [-0.3, -0.25) is 0 Å². The van der Waals surface area contributed by atoms with Crippen LogP contribution in [0.1, 0.15) is 41.5 Å². The van der Waals surface area contributed by atoms with E-state index in [0.717, 1.165) is 0 Å². The zero-order valence-corrected chi connectivity index (χ0v) is 16.6. The Bertz CT molecular complexity index is 628. The fourth-order valence-corrected chi connectivity index (χ4v) is 2.02. The third-order valence-corrected chi connectivity index (χ3v) is 3.88. The van der Waals surface area contributed by atoms with Crippen LogP contribution in [-0.4, -0.2) is 41.9 Å². The predicted molar refractivity (Wildman–Crippen MR) is 100 cm³/mol. The Morgan fingerprint density at radius 2 is 1.88 bits per heavy atom. The van der Waals surface area contributed by atoms with Crippen molar-refractivity contribution in [2.45, 2.75) is 52.7 Å². The molecular formula is C18H30N4O4. The molecule has 1 atom stereocenters. The summed E-state index contributed by atoms with van der Waals surface area (Å²) in [6.07, 6.45) is 1.05. The second-order valence-electron chi connectivity index (χ2n) is 7.57. The summed E-state index contributed by atoms with van der Waals surface area (Å²) < 4.78 is 10.4. The minimum atomic E-state index is -0.684. The van der Waals surface area contributed by atoms with Crippen LogP contribution in [-0.2, 0) is 4.74 Å². The van der Waals surface area contributed by atoms with Crippen molar-refractivity contribution in [3.05, 3.63) is 18.3 Å². The van der Waals surface area contributed by atoms with Gasteiger partial charge in [-0.2, -0.15) is 0 Å². The molecule has 0 saturated heterocycles. The topological polar surface area (TPSA) is 102 Å². The highest BCUT2D eigenvalue weighted by Gasteiger charge is 2.31. The van der Waals surface area contributed by atoms with E-state index in [1.165, 1.54) is 7.11 Å². The number of urea groups is 1. The van der Waals surface area contributed by atoms with Gasteiger partial charge in [0.1, 0.15) is 11.3 Å². The van der Waals surface area contributed by atoms with Gasteiger partial charge in [0.05, 0.1) is 12.6 Å². The Labute approximate surface area is 155 Å². The smallest absolute Gasteiger partial charge is 0.407 e. The minimum Gasteiger partial charge on any atom is -0.480 e. The van der Waals surface area contributed by atoms with Gasteiger partial charge in [0.15, 0.2) is 0 Å². The molecule has 3 N–H and O–H groups in total. The summed E-state index contributed by atoms with van der Waals surface area (Å²) in [5.74, 6) is 0.375. The molecule has 1 aromatic heterocycles. The Balaban J connectivity index is 2.73. The number of pyridine rings is 1. The number of carbonyl (C=O) groups is 2. The highest BCUT2D eigenvalue weighted by Crippen LogP contribution is 2.21. The lowest BCUT2D eigenvalue weighted by Gasteiger charge is -2.35. The van der Waals surface area contributed by atoms with E-state index in [1.807, 2.05) is 20.8 Å². The number of hydrogen-bond donors (Lipinski definition) is 3. The van der Waals surface area contributed by atoms with Crippen LogP contribution in [0.2, 0.25) is 0 Å². The third-order valence-electron chi connectivity index (χ3n) is 3.88. The van der Waals surface area contributed by atoms with Crippen LogP contribution < -0.4 is 20.7 Å². The number of rotatable bonds is 6. The van der Waals surface area contributed by atoms with E-state index in [2.05, 4.69) is 20.9 Å². The summed E-state index contributed by atoms with van der Waals surface area (Å²) in [5, 5.41) is 8.34. The Kier molecular flexibility index (Phi) is 7.23. The number of hydrogen-bond acceptors (Lipinski definition) is 5. The first-order valence-electron chi connectivity index (χ1n) is 8.52. The van der Waals surface area contributed by atoms with Gasteiger partial charge in [0.25, 0.3) is 0 Å². The number of anilines is 1. The van der Waals surface area contributed by atoms with Crippen molar-refractivity contribution in [3.8, 4) is 5.88 Å². The van der Waals surface area contributed by atoms with Gasteiger partial charge in [-0.05, 0) is 45.7 Å². The van der Waals surface area contributed by atoms with Crippen LogP contribution in [0.4, 0.5) is 15.3 Å². The number of amides is 3. The van der Waals surface area contributed by atoms with E-state index < -0.39 is 23.3 Å². The number of carbonyl (C=O) groups excluding carboxylic acids is 2. The predicted octanol–water partition coefficient (Wildman–Crippen LogP) is 3.15. The second-order valence-corrected chi connectivity index (χ2v) is 7.57. The molecular weight excluding hydrogens is 336 g/mol. The van der Waals surface area contributed by atoms with E-state index in [4.69, 9.17) is 9.47 Å². The summed E-state index contributed by atoms with van der Waals surface area (Å²) in [7, 11) is 1.48. The molecule has 26 heavy (non-hydrogen) atoms. The Morgan fingerprint density at radius 1 is 1.23 bits per heavy atom. The highest BCUT2D eigenvalue weighted by molar-refractivity contribution is 5.91. The Hall–Kier alpha value is -2.51. The number of alkyl carbamates (subject to hydrolysis) is 1. The lowest BCUT2D eigenvalue weighted by molar-refractivity contribution is 0.0505. The molecule has 0 aliphatic carbocycles. The average molecular weight is 366 g/mol. The van der Waals surface area contributed by atoms with Gasteiger partial charge in [-0.25, -0.2) is 14.6 Å². The minimum absolute atomic E-state index is 0.0546. The van der Waals surface area contributed by atoms with E-state index in [9.17, 15) is 9.59 Å². The molecule has 0 aromatic carbocycles. The quantitative estimate of drug-likeness (QED) is 0.718. The maximum absolute atomic E-state index is 12.4. The van der Waals surface area contributed by atoms with Crippen molar-refractivity contribution in [2.24, 2.45) is 5.92 Å². The van der Waals surface area contributed by atoms with E-state index >= 15 is 0 Å². The van der Waals surface area contributed by atoms with Crippen molar-refractivity contribution in [3.63, 3.8) is 0 Å². The molecule has 1 aromatic rings. The number of ether oxygens (including phenoxy) is 2. The van der Waals surface area contributed by atoms with Crippen molar-refractivity contribution in [2.75, 3.05) is 19.0 Å². The standard InChI is InChI=1S/C18H30N4O4/c1-12(2)18(6,11-20-16(24)26-17(3,4)5)22-15(23)21-13-9-8-10-19-14(13)25-7/h8-10,12H,11H2,1-7H3,(H,20,24)(H2,21,22,23)/t18-/m1/s1. The van der Waals surface area contributed by atoms with Crippen molar-refractivity contribution in [1.82, 2.24) is 15.6 Å². The summed E-state index contributed by atoms with van der Waals surface area (Å²) >= 11 is 0. The van der Waals surface area contributed by atoms with Gasteiger partial charge >= 0.3 is 12.1 Å². The lowest BCUT2D eigenvalue weighted by atomic mass is 9.88. The largest absolute Gasteiger partial charge is 0.480 e. The second kappa shape index (κ2) is 8.73. The van der Waals surface area contributed by atoms with Gasteiger partial charge in [0.2, 0.25) is 5.88 Å². The first-order chi connectivity index (χ1) is 12.0. The molecule has 146 valence electrons. The molecule has 0 saturated carbocycles. The van der Waals surface area contributed by atoms with E-state index in [0.29, 0.717) is 11.6 Å². The SMILES string of the molecule is COc1ncccc1NC(=O)N[C@](C)(CNC(=O)OC(C)(C)C)C(C)C. The molecule has 0 bridgehead atoms. The maximum atomic E-state index is 12.4. The molecule has 0 fully saturated rings. The van der Waals surface area contributed by atoms with E-state index in [-0.39, 0.29) is 12.5 Å². The van der Waals surface area contributed by atoms with Crippen LogP contribution in [0.15, 0.2) is 18.3 Å². The van der Waals surface area contributed by atoms with Crippen LogP contribution in [0, 0.1) is 5.92 Å². The van der Waals surface area contributed by atoms with Crippen molar-refractivity contribution >= 4 is 17.8 Å². The number of aromatic nitrogens is 1. The first-order valence-corrected chi connectivity index (χ1v) is 8.52. The molecule has 3 amide bonds. The van der Waals surface area contributed by atoms with Gasteiger partial charge in [0, 0.05) is 12.7 Å². The highest BCUT2D eigenvalue weighted by atomic mass is 16.6. The molecule has 0 aliphatic heterocycles. The molecule has 8 nitrogen and oxygen atoms in total. The van der Waals surface area contributed by atoms with E-state index in [1.54, 1.807) is 39.1 Å². The lowest BCUT2D eigenvalue weighted by Crippen LogP contribution is -2.58. The summed E-state index contributed by atoms with van der Waals surface area (Å²) in [6.45, 7) is 11.4. The van der Waals surface area contributed by atoms with Crippen LogP contribution in [0.3, 0.4) is 0 Å². The van der Waals surface area contributed by atoms with Crippen molar-refractivity contribution < 1.29 is 19.1 Å². The van der Waals surface area contributed by atoms with Crippen molar-refractivity contribution in [1.29, 1.82) is 0 Å². The molecule has 1 heterocycles. The zero-order valence-electron chi connectivity index (χ0n) is 16.6. The number of nitrogens with one attached hydrogen (secondary N) is 3. The molecule has 0 unspecified atom stereocenters. The number of nitrogens with zero attached hydrogens (tertiary/aromatic N) is 1.